The first-order valence-corrected chi connectivity index (χ1v) is 5.16. The van der Waals surface area contributed by atoms with Gasteiger partial charge in [0, 0.05) is 18.6 Å². The summed E-state index contributed by atoms with van der Waals surface area (Å²) >= 11 is 0. The van der Waals surface area contributed by atoms with Crippen molar-refractivity contribution in [3.05, 3.63) is 0 Å². The van der Waals surface area contributed by atoms with Crippen LogP contribution in [-0.4, -0.2) is 45.9 Å². The molecule has 3 heteroatoms. The minimum Gasteiger partial charge on any atom is -0.389 e. The molecule has 2 heterocycles. The van der Waals surface area contributed by atoms with Crippen molar-refractivity contribution < 1.29 is 10.2 Å². The van der Waals surface area contributed by atoms with Gasteiger partial charge in [0.05, 0.1) is 12.2 Å². The lowest BCUT2D eigenvalue weighted by Gasteiger charge is -2.21. The molecule has 3 nitrogen and oxygen atoms in total. The molecule has 6 atom stereocenters. The first kappa shape index (κ1) is 9.44. The Kier molecular flexibility index (Phi) is 2.13. The van der Waals surface area contributed by atoms with Gasteiger partial charge in [-0.05, 0) is 18.8 Å². The van der Waals surface area contributed by atoms with Crippen molar-refractivity contribution in [1.82, 2.24) is 4.90 Å². The van der Waals surface area contributed by atoms with Crippen molar-refractivity contribution in [1.29, 1.82) is 0 Å². The normalized spacial score (nSPS) is 57.0. The van der Waals surface area contributed by atoms with Crippen LogP contribution in [-0.2, 0) is 0 Å². The molecule has 13 heavy (non-hydrogen) atoms. The van der Waals surface area contributed by atoms with E-state index in [1.165, 1.54) is 0 Å². The predicted molar refractivity (Wildman–Crippen MR) is 50.3 cm³/mol. The maximum Gasteiger partial charge on any atom is 0.0969 e. The molecule has 0 aliphatic carbocycles. The molecule has 2 saturated heterocycles. The highest BCUT2D eigenvalue weighted by Gasteiger charge is 2.52. The molecule has 0 aromatic heterocycles. The third-order valence-corrected chi connectivity index (χ3v) is 4.18. The Balaban J connectivity index is 2.22. The third-order valence-electron chi connectivity index (χ3n) is 4.18. The van der Waals surface area contributed by atoms with Crippen LogP contribution < -0.4 is 0 Å². The van der Waals surface area contributed by atoms with Gasteiger partial charge in [0.25, 0.3) is 0 Å². The Bertz CT molecular complexity index is 209. The molecule has 0 radical (unpaired) electrons. The molecular weight excluding hydrogens is 166 g/mol. The molecule has 0 spiro atoms. The summed E-state index contributed by atoms with van der Waals surface area (Å²) in [6, 6.07) is 0.673. The molecule has 0 aromatic carbocycles. The van der Waals surface area contributed by atoms with Crippen molar-refractivity contribution in [2.45, 2.75) is 45.1 Å². The largest absolute Gasteiger partial charge is 0.389 e. The van der Waals surface area contributed by atoms with Crippen LogP contribution in [0.4, 0.5) is 0 Å². The van der Waals surface area contributed by atoms with Gasteiger partial charge >= 0.3 is 0 Å². The lowest BCUT2D eigenvalue weighted by Crippen LogP contribution is -2.36. The molecule has 0 saturated carbocycles. The van der Waals surface area contributed by atoms with E-state index in [0.29, 0.717) is 24.4 Å². The van der Waals surface area contributed by atoms with E-state index < -0.39 is 12.2 Å². The second-order valence-corrected chi connectivity index (χ2v) is 4.70. The fourth-order valence-corrected chi connectivity index (χ4v) is 2.97. The number of nitrogens with zero attached hydrogens (tertiary/aromatic N) is 1. The van der Waals surface area contributed by atoms with Gasteiger partial charge in [0.1, 0.15) is 0 Å². The summed E-state index contributed by atoms with van der Waals surface area (Å²) < 4.78 is 0. The van der Waals surface area contributed by atoms with Gasteiger partial charge < -0.3 is 10.2 Å². The van der Waals surface area contributed by atoms with E-state index in [4.69, 9.17) is 0 Å². The molecule has 2 aliphatic heterocycles. The molecule has 0 amide bonds. The van der Waals surface area contributed by atoms with Crippen LogP contribution in [0.25, 0.3) is 0 Å². The molecule has 2 fully saturated rings. The maximum atomic E-state index is 9.78. The second kappa shape index (κ2) is 2.94. The zero-order valence-corrected chi connectivity index (χ0v) is 8.51. The van der Waals surface area contributed by atoms with E-state index in [1.807, 2.05) is 0 Å². The van der Waals surface area contributed by atoms with Gasteiger partial charge in [-0.15, -0.1) is 0 Å². The quantitative estimate of drug-likeness (QED) is 0.561. The summed E-state index contributed by atoms with van der Waals surface area (Å²) in [7, 11) is 0. The Morgan fingerprint density at radius 1 is 1.08 bits per heavy atom. The van der Waals surface area contributed by atoms with E-state index in [0.717, 1.165) is 0 Å². The van der Waals surface area contributed by atoms with E-state index in [-0.39, 0.29) is 6.04 Å². The Morgan fingerprint density at radius 3 is 2.23 bits per heavy atom. The average Bonchev–Trinajstić information content (AvgIpc) is 2.48. The van der Waals surface area contributed by atoms with Gasteiger partial charge in [-0.2, -0.15) is 0 Å². The van der Waals surface area contributed by atoms with Gasteiger partial charge in [-0.25, -0.2) is 0 Å². The first-order valence-electron chi connectivity index (χ1n) is 5.16. The average molecular weight is 185 g/mol. The van der Waals surface area contributed by atoms with E-state index in [2.05, 4.69) is 25.7 Å². The van der Waals surface area contributed by atoms with Gasteiger partial charge in [-0.3, -0.25) is 4.90 Å². The Labute approximate surface area is 79.4 Å². The zero-order chi connectivity index (χ0) is 9.75. The van der Waals surface area contributed by atoms with E-state index >= 15 is 0 Å². The number of fused-ring (bicyclic) bond motifs is 1. The van der Waals surface area contributed by atoms with Crippen LogP contribution in [0.15, 0.2) is 0 Å². The van der Waals surface area contributed by atoms with E-state index in [1.54, 1.807) is 0 Å². The van der Waals surface area contributed by atoms with Crippen molar-refractivity contribution >= 4 is 0 Å². The molecule has 0 bridgehead atoms. The summed E-state index contributed by atoms with van der Waals surface area (Å²) in [6.07, 6.45) is -1.08. The summed E-state index contributed by atoms with van der Waals surface area (Å²) in [5.74, 6) is 1.11. The van der Waals surface area contributed by atoms with E-state index in [9.17, 15) is 10.2 Å². The third kappa shape index (κ3) is 1.14. The monoisotopic (exact) mass is 185 g/mol. The standard InChI is InChI=1S/C10H19NO2/c1-5-6(2)9-10(13)8(12)4-11(9)7(5)3/h5-10,12-13H,4H2,1-3H3/t5-,6-,7+,8-,9-,10-/m0/s1. The Morgan fingerprint density at radius 2 is 1.69 bits per heavy atom. The SMILES string of the molecule is C[C@H]1[C@H](C)[C@@H](C)N2C[C@H](O)[C@H](O)[C@H]12. The Hall–Kier alpha value is -0.120. The highest BCUT2D eigenvalue weighted by Crippen LogP contribution is 2.40. The molecule has 0 aromatic rings. The van der Waals surface area contributed by atoms with Crippen LogP contribution in [0.1, 0.15) is 20.8 Å². The predicted octanol–water partition coefficient (Wildman–Crippen LogP) is 0.0667. The lowest BCUT2D eigenvalue weighted by molar-refractivity contribution is 0.0289. The molecule has 2 N–H and O–H groups in total. The topological polar surface area (TPSA) is 43.7 Å². The highest BCUT2D eigenvalue weighted by atomic mass is 16.3. The number of aliphatic hydroxyl groups is 2. The first-order chi connectivity index (χ1) is 6.04. The smallest absolute Gasteiger partial charge is 0.0969 e. The number of hydrogen-bond donors (Lipinski definition) is 2. The fourth-order valence-electron chi connectivity index (χ4n) is 2.97. The molecular formula is C10H19NO2. The highest BCUT2D eigenvalue weighted by molar-refractivity contribution is 5.05. The summed E-state index contributed by atoms with van der Waals surface area (Å²) in [4.78, 5) is 2.25. The number of aliphatic hydroxyl groups excluding tert-OH is 2. The van der Waals surface area contributed by atoms with Crippen LogP contribution in [0, 0.1) is 11.8 Å². The summed E-state index contributed by atoms with van der Waals surface area (Å²) in [5.41, 5.74) is 0. The van der Waals surface area contributed by atoms with Crippen LogP contribution in [0.2, 0.25) is 0 Å². The van der Waals surface area contributed by atoms with Crippen molar-refractivity contribution in [2.75, 3.05) is 6.54 Å². The molecule has 2 rings (SSSR count). The van der Waals surface area contributed by atoms with Crippen LogP contribution >= 0.6 is 0 Å². The van der Waals surface area contributed by atoms with Gasteiger partial charge in [-0.1, -0.05) is 13.8 Å². The van der Waals surface area contributed by atoms with Gasteiger partial charge in [0.2, 0.25) is 0 Å². The second-order valence-electron chi connectivity index (χ2n) is 4.70. The maximum absolute atomic E-state index is 9.78. The summed E-state index contributed by atoms with van der Waals surface area (Å²) in [6.45, 7) is 7.23. The lowest BCUT2D eigenvalue weighted by atomic mass is 9.88. The fraction of sp³-hybridized carbons (Fsp3) is 1.00. The summed E-state index contributed by atoms with van der Waals surface area (Å²) in [5, 5.41) is 19.3. The molecule has 0 unspecified atom stereocenters. The van der Waals surface area contributed by atoms with Crippen molar-refractivity contribution in [3.8, 4) is 0 Å². The van der Waals surface area contributed by atoms with Crippen molar-refractivity contribution in [3.63, 3.8) is 0 Å². The van der Waals surface area contributed by atoms with Gasteiger partial charge in [0.15, 0.2) is 0 Å². The van der Waals surface area contributed by atoms with Crippen molar-refractivity contribution in [2.24, 2.45) is 11.8 Å². The van der Waals surface area contributed by atoms with Crippen LogP contribution in [0.5, 0.6) is 0 Å². The molecule has 76 valence electrons. The number of hydrogen-bond acceptors (Lipinski definition) is 3. The zero-order valence-electron chi connectivity index (χ0n) is 8.51. The minimum atomic E-state index is -0.539. The number of rotatable bonds is 0. The van der Waals surface area contributed by atoms with Crippen LogP contribution in [0.3, 0.4) is 0 Å². The minimum absolute atomic E-state index is 0.181. The molecule has 2 aliphatic rings.